The number of nitrogens with zero attached hydrogens (tertiary/aromatic N) is 3. The molecule has 0 radical (unpaired) electrons. The average Bonchev–Trinajstić information content (AvgIpc) is 2.97. The molecule has 0 fully saturated rings. The highest BCUT2D eigenvalue weighted by molar-refractivity contribution is 6.03. The van der Waals surface area contributed by atoms with Crippen LogP contribution in [0.2, 0.25) is 0 Å². The number of hydrogen-bond acceptors (Lipinski definition) is 4. The lowest BCUT2D eigenvalue weighted by atomic mass is 10.2. The van der Waals surface area contributed by atoms with E-state index in [2.05, 4.69) is 15.6 Å². The van der Waals surface area contributed by atoms with Crippen molar-refractivity contribution in [3.8, 4) is 11.4 Å². The fourth-order valence-electron chi connectivity index (χ4n) is 2.26. The summed E-state index contributed by atoms with van der Waals surface area (Å²) in [5, 5.41) is 10.7. The van der Waals surface area contributed by atoms with Gasteiger partial charge in [0.15, 0.2) is 5.69 Å². The Morgan fingerprint density at radius 3 is 2.67 bits per heavy atom. The number of amides is 1. The molecule has 122 valence electrons. The highest BCUT2D eigenvalue weighted by atomic mass is 19.1. The van der Waals surface area contributed by atoms with Crippen LogP contribution < -0.4 is 10.1 Å². The summed E-state index contributed by atoms with van der Waals surface area (Å²) in [4.78, 5) is 12.4. The number of carbonyl (C=O) groups excluding carboxylic acids is 1. The van der Waals surface area contributed by atoms with Gasteiger partial charge in [-0.05, 0) is 43.3 Å². The lowest BCUT2D eigenvalue weighted by Gasteiger charge is -2.06. The van der Waals surface area contributed by atoms with E-state index in [9.17, 15) is 9.18 Å². The number of benzene rings is 2. The van der Waals surface area contributed by atoms with E-state index >= 15 is 0 Å². The van der Waals surface area contributed by atoms with Crippen molar-refractivity contribution >= 4 is 11.6 Å². The minimum atomic E-state index is -0.380. The quantitative estimate of drug-likeness (QED) is 0.800. The molecule has 6 nitrogen and oxygen atoms in total. The molecule has 0 saturated carbocycles. The summed E-state index contributed by atoms with van der Waals surface area (Å²) in [6.45, 7) is 1.73. The Hall–Kier alpha value is -3.22. The molecule has 7 heteroatoms. The summed E-state index contributed by atoms with van der Waals surface area (Å²) in [7, 11) is 1.55. The third kappa shape index (κ3) is 3.10. The van der Waals surface area contributed by atoms with Crippen molar-refractivity contribution in [1.82, 2.24) is 15.0 Å². The van der Waals surface area contributed by atoms with Crippen LogP contribution in [0.15, 0.2) is 48.5 Å². The van der Waals surface area contributed by atoms with Crippen molar-refractivity contribution in [2.75, 3.05) is 12.4 Å². The molecule has 3 rings (SSSR count). The number of anilines is 1. The molecule has 0 unspecified atom stereocenters. The summed E-state index contributed by atoms with van der Waals surface area (Å²) in [6, 6.07) is 12.8. The standard InChI is InChI=1S/C17H15FN4O2/c1-11-16(17(23)19-13-4-3-5-15(10-13)24-2)20-21-22(11)14-8-6-12(18)7-9-14/h3-10H,1-2H3,(H,19,23). The van der Waals surface area contributed by atoms with Crippen molar-refractivity contribution in [2.45, 2.75) is 6.92 Å². The molecule has 1 N–H and O–H groups in total. The summed E-state index contributed by atoms with van der Waals surface area (Å²) in [6.07, 6.45) is 0. The van der Waals surface area contributed by atoms with E-state index in [1.807, 2.05) is 0 Å². The van der Waals surface area contributed by atoms with Crippen molar-refractivity contribution in [3.05, 3.63) is 65.7 Å². The predicted octanol–water partition coefficient (Wildman–Crippen LogP) is 2.98. The van der Waals surface area contributed by atoms with Crippen molar-refractivity contribution < 1.29 is 13.9 Å². The first-order valence-corrected chi connectivity index (χ1v) is 7.22. The van der Waals surface area contributed by atoms with E-state index < -0.39 is 0 Å². The van der Waals surface area contributed by atoms with Crippen molar-refractivity contribution in [1.29, 1.82) is 0 Å². The molecule has 0 spiro atoms. The summed E-state index contributed by atoms with van der Waals surface area (Å²) >= 11 is 0. The first-order valence-electron chi connectivity index (χ1n) is 7.22. The van der Waals surface area contributed by atoms with Crippen LogP contribution in [-0.2, 0) is 0 Å². The molecule has 0 bridgehead atoms. The third-order valence-electron chi connectivity index (χ3n) is 3.51. The zero-order chi connectivity index (χ0) is 17.1. The average molecular weight is 326 g/mol. The van der Waals surface area contributed by atoms with Gasteiger partial charge in [0.05, 0.1) is 18.5 Å². The maximum atomic E-state index is 13.0. The highest BCUT2D eigenvalue weighted by Crippen LogP contribution is 2.18. The molecule has 0 saturated heterocycles. The molecule has 0 aliphatic rings. The van der Waals surface area contributed by atoms with Gasteiger partial charge >= 0.3 is 0 Å². The van der Waals surface area contributed by atoms with E-state index in [-0.39, 0.29) is 17.4 Å². The van der Waals surface area contributed by atoms with Crippen LogP contribution in [0.1, 0.15) is 16.2 Å². The van der Waals surface area contributed by atoms with Gasteiger partial charge in [-0.3, -0.25) is 4.79 Å². The molecular weight excluding hydrogens is 311 g/mol. The second-order valence-corrected chi connectivity index (χ2v) is 5.10. The van der Waals surface area contributed by atoms with Crippen LogP contribution in [0.5, 0.6) is 5.75 Å². The molecule has 1 aromatic heterocycles. The number of hydrogen-bond donors (Lipinski definition) is 1. The number of carbonyl (C=O) groups is 1. The SMILES string of the molecule is COc1cccc(NC(=O)c2nnn(-c3ccc(F)cc3)c2C)c1. The number of nitrogens with one attached hydrogen (secondary N) is 1. The van der Waals surface area contributed by atoms with Gasteiger partial charge in [0.25, 0.3) is 5.91 Å². The Morgan fingerprint density at radius 2 is 1.96 bits per heavy atom. The maximum absolute atomic E-state index is 13.0. The molecule has 0 aliphatic carbocycles. The van der Waals surface area contributed by atoms with Gasteiger partial charge in [-0.25, -0.2) is 9.07 Å². The minimum absolute atomic E-state index is 0.196. The summed E-state index contributed by atoms with van der Waals surface area (Å²) in [5.41, 5.74) is 1.97. The Labute approximate surface area is 137 Å². The predicted molar refractivity (Wildman–Crippen MR) is 87.0 cm³/mol. The molecule has 24 heavy (non-hydrogen) atoms. The molecule has 0 aliphatic heterocycles. The Morgan fingerprint density at radius 1 is 1.21 bits per heavy atom. The summed E-state index contributed by atoms with van der Waals surface area (Å²) < 4.78 is 19.6. The fraction of sp³-hybridized carbons (Fsp3) is 0.118. The fourth-order valence-corrected chi connectivity index (χ4v) is 2.26. The molecule has 0 atom stereocenters. The number of rotatable bonds is 4. The zero-order valence-electron chi connectivity index (χ0n) is 13.2. The van der Waals surface area contributed by atoms with Crippen LogP contribution in [0.4, 0.5) is 10.1 Å². The molecule has 1 heterocycles. The van der Waals surface area contributed by atoms with Gasteiger partial charge in [0.2, 0.25) is 0 Å². The van der Waals surface area contributed by atoms with Crippen LogP contribution in [0.3, 0.4) is 0 Å². The van der Waals surface area contributed by atoms with Gasteiger partial charge in [-0.2, -0.15) is 0 Å². The topological polar surface area (TPSA) is 69.0 Å². The first-order chi connectivity index (χ1) is 11.6. The Kier molecular flexibility index (Phi) is 4.24. The van der Waals surface area contributed by atoms with E-state index in [4.69, 9.17) is 4.74 Å². The highest BCUT2D eigenvalue weighted by Gasteiger charge is 2.17. The van der Waals surface area contributed by atoms with Crippen LogP contribution in [-0.4, -0.2) is 28.0 Å². The number of methoxy groups -OCH3 is 1. The van der Waals surface area contributed by atoms with Gasteiger partial charge in [0, 0.05) is 11.8 Å². The molecule has 1 amide bonds. The minimum Gasteiger partial charge on any atom is -0.497 e. The summed E-state index contributed by atoms with van der Waals surface area (Å²) in [5.74, 6) is -0.0823. The van der Waals surface area contributed by atoms with Gasteiger partial charge in [-0.15, -0.1) is 5.10 Å². The smallest absolute Gasteiger partial charge is 0.278 e. The van der Waals surface area contributed by atoms with Crippen LogP contribution in [0.25, 0.3) is 5.69 Å². The monoisotopic (exact) mass is 326 g/mol. The van der Waals surface area contributed by atoms with Crippen molar-refractivity contribution in [3.63, 3.8) is 0 Å². The second-order valence-electron chi connectivity index (χ2n) is 5.10. The van der Waals surface area contributed by atoms with Gasteiger partial charge in [-0.1, -0.05) is 11.3 Å². The van der Waals surface area contributed by atoms with Crippen LogP contribution >= 0.6 is 0 Å². The molecule has 3 aromatic rings. The van der Waals surface area contributed by atoms with Crippen molar-refractivity contribution in [2.24, 2.45) is 0 Å². The lowest BCUT2D eigenvalue weighted by Crippen LogP contribution is -2.14. The van der Waals surface area contributed by atoms with Gasteiger partial charge < -0.3 is 10.1 Å². The number of ether oxygens (including phenoxy) is 1. The third-order valence-corrected chi connectivity index (χ3v) is 3.51. The molecule has 2 aromatic carbocycles. The maximum Gasteiger partial charge on any atom is 0.278 e. The zero-order valence-corrected chi connectivity index (χ0v) is 13.2. The number of aromatic nitrogens is 3. The largest absolute Gasteiger partial charge is 0.497 e. The Bertz CT molecular complexity index is 875. The second kappa shape index (κ2) is 6.49. The number of halogens is 1. The molecular formula is C17H15FN4O2. The van der Waals surface area contributed by atoms with E-state index in [1.165, 1.54) is 16.8 Å². The van der Waals surface area contributed by atoms with Crippen LogP contribution in [0, 0.1) is 12.7 Å². The van der Waals surface area contributed by atoms with E-state index in [0.717, 1.165) is 0 Å². The van der Waals surface area contributed by atoms with E-state index in [0.29, 0.717) is 22.8 Å². The van der Waals surface area contributed by atoms with Gasteiger partial charge in [0.1, 0.15) is 11.6 Å². The Balaban J connectivity index is 1.84. The lowest BCUT2D eigenvalue weighted by molar-refractivity contribution is 0.102. The first kappa shape index (κ1) is 15.7. The normalized spacial score (nSPS) is 10.5. The van der Waals surface area contributed by atoms with E-state index in [1.54, 1.807) is 50.4 Å².